The van der Waals surface area contributed by atoms with Gasteiger partial charge in [-0.25, -0.2) is 19.7 Å². The molecule has 8 nitrogen and oxygen atoms in total. The average molecular weight is 413 g/mol. The molecule has 0 aliphatic heterocycles. The summed E-state index contributed by atoms with van der Waals surface area (Å²) >= 11 is 0. The Labute approximate surface area is 180 Å². The quantitative estimate of drug-likeness (QED) is 0.417. The van der Waals surface area contributed by atoms with Crippen LogP contribution in [0.3, 0.4) is 0 Å². The molecule has 4 aromatic rings. The van der Waals surface area contributed by atoms with Crippen LogP contribution in [0.25, 0.3) is 5.82 Å². The van der Waals surface area contributed by atoms with Crippen molar-refractivity contribution < 1.29 is 4.79 Å². The number of carbonyl (C=O) groups excluding carboxylic acids is 1. The summed E-state index contributed by atoms with van der Waals surface area (Å²) in [5, 5.41) is 9.00. The van der Waals surface area contributed by atoms with Crippen LogP contribution in [-0.2, 0) is 6.42 Å². The topological polar surface area (TPSA) is 96.8 Å². The molecule has 3 N–H and O–H groups in total. The largest absolute Gasteiger partial charge is 0.340 e. The second kappa shape index (κ2) is 9.08. The number of anilines is 4. The second-order valence-corrected chi connectivity index (χ2v) is 6.90. The van der Waals surface area contributed by atoms with E-state index in [4.69, 9.17) is 0 Å². The van der Waals surface area contributed by atoms with E-state index in [-0.39, 0.29) is 6.03 Å². The number of nitrogens with one attached hydrogen (secondary N) is 3. The molecule has 2 heterocycles. The molecule has 0 fully saturated rings. The van der Waals surface area contributed by atoms with Gasteiger partial charge in [0.15, 0.2) is 0 Å². The van der Waals surface area contributed by atoms with Crippen molar-refractivity contribution in [3.05, 3.63) is 84.7 Å². The first kappa shape index (κ1) is 20.1. The normalized spacial score (nSPS) is 10.5. The highest BCUT2D eigenvalue weighted by Gasteiger charge is 2.07. The summed E-state index contributed by atoms with van der Waals surface area (Å²) in [5.74, 6) is 2.24. The Bertz CT molecular complexity index is 1180. The zero-order valence-electron chi connectivity index (χ0n) is 17.3. The third-order valence-corrected chi connectivity index (χ3v) is 4.79. The minimum atomic E-state index is -0.280. The van der Waals surface area contributed by atoms with Crippen molar-refractivity contribution in [2.24, 2.45) is 0 Å². The number of amides is 2. The number of hydrogen-bond donors (Lipinski definition) is 3. The molecule has 4 rings (SSSR count). The number of imidazole rings is 1. The number of para-hydroxylation sites is 1. The summed E-state index contributed by atoms with van der Waals surface area (Å²) < 4.78 is 1.88. The highest BCUT2D eigenvalue weighted by Crippen LogP contribution is 2.20. The van der Waals surface area contributed by atoms with Gasteiger partial charge in [0.05, 0.1) is 0 Å². The van der Waals surface area contributed by atoms with Crippen molar-refractivity contribution in [1.29, 1.82) is 0 Å². The molecule has 2 aromatic carbocycles. The smallest absolute Gasteiger partial charge is 0.323 e. The molecule has 0 saturated heterocycles. The molecule has 0 aliphatic rings. The Balaban J connectivity index is 1.40. The third kappa shape index (κ3) is 4.87. The summed E-state index contributed by atoms with van der Waals surface area (Å²) in [5.41, 5.74) is 3.43. The number of hydrogen-bond acceptors (Lipinski definition) is 5. The fourth-order valence-electron chi connectivity index (χ4n) is 3.19. The molecule has 0 unspecified atom stereocenters. The summed E-state index contributed by atoms with van der Waals surface area (Å²) in [6.45, 7) is 3.97. The number of rotatable bonds is 6. The zero-order valence-corrected chi connectivity index (χ0v) is 17.3. The number of aromatic nitrogens is 4. The van der Waals surface area contributed by atoms with Gasteiger partial charge in [-0.2, -0.15) is 0 Å². The molecule has 156 valence electrons. The van der Waals surface area contributed by atoms with Gasteiger partial charge >= 0.3 is 6.03 Å². The highest BCUT2D eigenvalue weighted by molar-refractivity contribution is 6.00. The Morgan fingerprint density at radius 1 is 0.968 bits per heavy atom. The van der Waals surface area contributed by atoms with Crippen molar-refractivity contribution in [1.82, 2.24) is 19.5 Å². The van der Waals surface area contributed by atoms with E-state index in [9.17, 15) is 4.79 Å². The molecule has 0 radical (unpaired) electrons. The fourth-order valence-corrected chi connectivity index (χ4v) is 3.19. The van der Waals surface area contributed by atoms with E-state index in [0.29, 0.717) is 11.5 Å². The Hall–Kier alpha value is -4.20. The lowest BCUT2D eigenvalue weighted by Gasteiger charge is -2.12. The van der Waals surface area contributed by atoms with E-state index in [1.54, 1.807) is 6.20 Å². The minimum absolute atomic E-state index is 0.280. The number of aryl methyl sites for hydroxylation is 2. The van der Waals surface area contributed by atoms with Crippen LogP contribution in [0.5, 0.6) is 0 Å². The molecule has 31 heavy (non-hydrogen) atoms. The number of urea groups is 1. The monoisotopic (exact) mass is 413 g/mol. The lowest BCUT2D eigenvalue weighted by Crippen LogP contribution is -2.20. The maximum atomic E-state index is 12.3. The molecular formula is C23H23N7O. The van der Waals surface area contributed by atoms with Gasteiger partial charge in [0.1, 0.15) is 23.8 Å². The fraction of sp³-hybridized carbons (Fsp3) is 0.130. The minimum Gasteiger partial charge on any atom is -0.340 e. The first-order chi connectivity index (χ1) is 15.1. The van der Waals surface area contributed by atoms with E-state index in [2.05, 4.69) is 37.8 Å². The molecule has 0 aliphatic carbocycles. The summed E-state index contributed by atoms with van der Waals surface area (Å²) in [7, 11) is 0. The van der Waals surface area contributed by atoms with E-state index in [1.807, 2.05) is 72.3 Å². The van der Waals surface area contributed by atoms with Crippen LogP contribution in [0, 0.1) is 6.92 Å². The Morgan fingerprint density at radius 2 is 1.74 bits per heavy atom. The number of nitrogens with zero attached hydrogens (tertiary/aromatic N) is 4. The highest BCUT2D eigenvalue weighted by atomic mass is 16.2. The van der Waals surface area contributed by atoms with Crippen molar-refractivity contribution in [2.75, 3.05) is 16.0 Å². The molecule has 0 atom stereocenters. The molecular weight excluding hydrogens is 390 g/mol. The SMILES string of the molecule is CCc1ccccc1NC(=O)Nc1ccc(Nc2cc(-n3ccnc3C)ncn2)cc1. The van der Waals surface area contributed by atoms with Crippen LogP contribution in [-0.4, -0.2) is 25.6 Å². The molecule has 0 saturated carbocycles. The summed E-state index contributed by atoms with van der Waals surface area (Å²) in [4.78, 5) is 25.1. The molecule has 2 amide bonds. The van der Waals surface area contributed by atoms with Crippen LogP contribution in [0.1, 0.15) is 18.3 Å². The van der Waals surface area contributed by atoms with Gasteiger partial charge in [-0.3, -0.25) is 4.57 Å². The molecule has 0 bridgehead atoms. The molecule has 2 aromatic heterocycles. The summed E-state index contributed by atoms with van der Waals surface area (Å²) in [6.07, 6.45) is 5.94. The van der Waals surface area contributed by atoms with Crippen molar-refractivity contribution >= 4 is 28.9 Å². The van der Waals surface area contributed by atoms with Crippen LogP contribution < -0.4 is 16.0 Å². The Morgan fingerprint density at radius 3 is 2.48 bits per heavy atom. The predicted molar refractivity (Wildman–Crippen MR) is 122 cm³/mol. The molecule has 8 heteroatoms. The van der Waals surface area contributed by atoms with Crippen molar-refractivity contribution in [3.63, 3.8) is 0 Å². The van der Waals surface area contributed by atoms with Crippen molar-refractivity contribution in [3.8, 4) is 5.82 Å². The van der Waals surface area contributed by atoms with Gasteiger partial charge < -0.3 is 16.0 Å². The number of benzene rings is 2. The van der Waals surface area contributed by atoms with Crippen LogP contribution >= 0.6 is 0 Å². The first-order valence-corrected chi connectivity index (χ1v) is 9.98. The van der Waals surface area contributed by atoms with Crippen LogP contribution in [0.15, 0.2) is 73.3 Å². The van der Waals surface area contributed by atoms with Gasteiger partial charge in [0.2, 0.25) is 0 Å². The van der Waals surface area contributed by atoms with E-state index < -0.39 is 0 Å². The van der Waals surface area contributed by atoms with Gasteiger partial charge in [-0.1, -0.05) is 25.1 Å². The average Bonchev–Trinajstić information content (AvgIpc) is 3.21. The van der Waals surface area contributed by atoms with Gasteiger partial charge in [-0.15, -0.1) is 0 Å². The lowest BCUT2D eigenvalue weighted by atomic mass is 10.1. The standard InChI is InChI=1S/C23H23N7O/c1-3-17-6-4-5-7-20(17)29-23(31)28-19-10-8-18(9-11-19)27-21-14-22(26-15-25-21)30-13-12-24-16(30)2/h4-15H,3H2,1-2H3,(H,25,26,27)(H2,28,29,31). The molecule has 0 spiro atoms. The third-order valence-electron chi connectivity index (χ3n) is 4.79. The maximum absolute atomic E-state index is 12.3. The van der Waals surface area contributed by atoms with E-state index >= 15 is 0 Å². The van der Waals surface area contributed by atoms with Gasteiger partial charge in [-0.05, 0) is 49.2 Å². The first-order valence-electron chi connectivity index (χ1n) is 9.98. The zero-order chi connectivity index (χ0) is 21.6. The number of carbonyl (C=O) groups is 1. The van der Waals surface area contributed by atoms with Crippen LogP contribution in [0.2, 0.25) is 0 Å². The maximum Gasteiger partial charge on any atom is 0.323 e. The van der Waals surface area contributed by atoms with Gasteiger partial charge in [0, 0.05) is 35.5 Å². The predicted octanol–water partition coefficient (Wildman–Crippen LogP) is 4.92. The summed E-state index contributed by atoms with van der Waals surface area (Å²) in [6, 6.07) is 16.7. The second-order valence-electron chi connectivity index (χ2n) is 6.90. The Kier molecular flexibility index (Phi) is 5.89. The van der Waals surface area contributed by atoms with E-state index in [1.165, 1.54) is 6.33 Å². The lowest BCUT2D eigenvalue weighted by molar-refractivity contribution is 0.262. The van der Waals surface area contributed by atoms with Gasteiger partial charge in [0.25, 0.3) is 0 Å². The van der Waals surface area contributed by atoms with Crippen LogP contribution in [0.4, 0.5) is 27.7 Å². The van der Waals surface area contributed by atoms with E-state index in [0.717, 1.165) is 35.0 Å². The van der Waals surface area contributed by atoms with Crippen molar-refractivity contribution in [2.45, 2.75) is 20.3 Å².